The standard InChI is InChI=1S/C20H21N3O3/c1-4-13-6-5-7-16-15(11-21-19(13)16)12-22-23-20(24)14-8-9-17(25-2)18(10-14)26-3/h5-12,21H,4H2,1-3H3,(H,23,24)/b22-12+. The number of aryl methyl sites for hydroxylation is 1. The number of hydrazone groups is 1. The van der Waals surface area contributed by atoms with E-state index < -0.39 is 0 Å². The van der Waals surface area contributed by atoms with Gasteiger partial charge in [0, 0.05) is 28.2 Å². The Morgan fingerprint density at radius 2 is 2.00 bits per heavy atom. The van der Waals surface area contributed by atoms with Gasteiger partial charge >= 0.3 is 0 Å². The summed E-state index contributed by atoms with van der Waals surface area (Å²) in [4.78, 5) is 15.5. The number of benzene rings is 2. The van der Waals surface area contributed by atoms with E-state index in [1.165, 1.54) is 12.7 Å². The quantitative estimate of drug-likeness (QED) is 0.527. The van der Waals surface area contributed by atoms with Crippen molar-refractivity contribution in [2.75, 3.05) is 14.2 Å². The maximum atomic E-state index is 12.3. The number of nitrogens with zero attached hydrogens (tertiary/aromatic N) is 1. The Morgan fingerprint density at radius 3 is 2.73 bits per heavy atom. The number of nitrogens with one attached hydrogen (secondary N) is 2. The van der Waals surface area contributed by atoms with Gasteiger partial charge in [-0.15, -0.1) is 0 Å². The van der Waals surface area contributed by atoms with Gasteiger partial charge in [-0.3, -0.25) is 4.79 Å². The number of rotatable bonds is 6. The first-order valence-corrected chi connectivity index (χ1v) is 8.32. The van der Waals surface area contributed by atoms with E-state index in [0.717, 1.165) is 22.9 Å². The fraction of sp³-hybridized carbons (Fsp3) is 0.200. The van der Waals surface area contributed by atoms with Gasteiger partial charge in [-0.05, 0) is 30.2 Å². The van der Waals surface area contributed by atoms with Crippen LogP contribution in [0.4, 0.5) is 0 Å². The smallest absolute Gasteiger partial charge is 0.271 e. The lowest BCUT2D eigenvalue weighted by Crippen LogP contribution is -2.17. The molecule has 6 nitrogen and oxygen atoms in total. The number of aromatic amines is 1. The summed E-state index contributed by atoms with van der Waals surface area (Å²) in [6.45, 7) is 2.12. The number of methoxy groups -OCH3 is 2. The number of hydrogen-bond acceptors (Lipinski definition) is 4. The van der Waals surface area contributed by atoms with E-state index in [0.29, 0.717) is 17.1 Å². The molecule has 2 N–H and O–H groups in total. The highest BCUT2D eigenvalue weighted by Gasteiger charge is 2.10. The number of hydrogen-bond donors (Lipinski definition) is 2. The highest BCUT2D eigenvalue weighted by molar-refractivity contribution is 6.01. The van der Waals surface area contributed by atoms with Crippen molar-refractivity contribution < 1.29 is 14.3 Å². The predicted molar refractivity (Wildman–Crippen MR) is 102 cm³/mol. The van der Waals surface area contributed by atoms with Gasteiger partial charge in [0.2, 0.25) is 0 Å². The number of para-hydroxylation sites is 1. The van der Waals surface area contributed by atoms with E-state index in [-0.39, 0.29) is 5.91 Å². The largest absolute Gasteiger partial charge is 0.493 e. The second-order valence-corrected chi connectivity index (χ2v) is 5.71. The van der Waals surface area contributed by atoms with E-state index in [9.17, 15) is 4.79 Å². The van der Waals surface area contributed by atoms with Crippen molar-refractivity contribution in [2.24, 2.45) is 5.10 Å². The topological polar surface area (TPSA) is 75.7 Å². The van der Waals surface area contributed by atoms with Gasteiger partial charge < -0.3 is 14.5 Å². The minimum atomic E-state index is -0.323. The summed E-state index contributed by atoms with van der Waals surface area (Å²) in [5.41, 5.74) is 6.24. The highest BCUT2D eigenvalue weighted by atomic mass is 16.5. The minimum Gasteiger partial charge on any atom is -0.493 e. The predicted octanol–water partition coefficient (Wildman–Crippen LogP) is 3.51. The number of carbonyl (C=O) groups excluding carboxylic acids is 1. The third-order valence-corrected chi connectivity index (χ3v) is 4.23. The molecule has 0 aliphatic heterocycles. The first-order valence-electron chi connectivity index (χ1n) is 8.32. The lowest BCUT2D eigenvalue weighted by atomic mass is 10.1. The molecule has 2 aromatic carbocycles. The van der Waals surface area contributed by atoms with E-state index in [2.05, 4.69) is 28.5 Å². The van der Waals surface area contributed by atoms with Crippen molar-refractivity contribution >= 4 is 23.0 Å². The molecule has 1 amide bonds. The number of H-pyrrole nitrogens is 1. The average molecular weight is 351 g/mol. The van der Waals surface area contributed by atoms with Gasteiger partial charge in [0.1, 0.15) is 0 Å². The van der Waals surface area contributed by atoms with Crippen LogP contribution in [0.25, 0.3) is 10.9 Å². The molecule has 1 aromatic heterocycles. The first kappa shape index (κ1) is 17.5. The van der Waals surface area contributed by atoms with Crippen LogP contribution in [-0.2, 0) is 6.42 Å². The molecular formula is C20H21N3O3. The van der Waals surface area contributed by atoms with Crippen LogP contribution >= 0.6 is 0 Å². The molecule has 134 valence electrons. The van der Waals surface area contributed by atoms with Crippen LogP contribution in [-0.4, -0.2) is 31.3 Å². The summed E-state index contributed by atoms with van der Waals surface area (Å²) in [6.07, 6.45) is 4.47. The first-order chi connectivity index (χ1) is 12.7. The molecule has 0 bridgehead atoms. The minimum absolute atomic E-state index is 0.323. The molecule has 26 heavy (non-hydrogen) atoms. The Bertz CT molecular complexity index is 960. The molecule has 0 aliphatic rings. The molecular weight excluding hydrogens is 330 g/mol. The van der Waals surface area contributed by atoms with Gasteiger partial charge in [0.05, 0.1) is 20.4 Å². The molecule has 0 saturated carbocycles. The third kappa shape index (κ3) is 3.39. The van der Waals surface area contributed by atoms with Crippen LogP contribution in [0, 0.1) is 0 Å². The highest BCUT2D eigenvalue weighted by Crippen LogP contribution is 2.27. The molecule has 0 unspecified atom stereocenters. The van der Waals surface area contributed by atoms with Crippen LogP contribution in [0.1, 0.15) is 28.4 Å². The van der Waals surface area contributed by atoms with Crippen LogP contribution in [0.2, 0.25) is 0 Å². The van der Waals surface area contributed by atoms with Gasteiger partial charge in [-0.1, -0.05) is 25.1 Å². The second kappa shape index (κ2) is 7.74. The number of carbonyl (C=O) groups is 1. The summed E-state index contributed by atoms with van der Waals surface area (Å²) in [6, 6.07) is 11.1. The van der Waals surface area contributed by atoms with E-state index >= 15 is 0 Å². The van der Waals surface area contributed by atoms with Crippen molar-refractivity contribution in [3.63, 3.8) is 0 Å². The van der Waals surface area contributed by atoms with E-state index in [1.54, 1.807) is 31.5 Å². The maximum absolute atomic E-state index is 12.3. The zero-order valence-corrected chi connectivity index (χ0v) is 15.0. The Balaban J connectivity index is 1.76. The summed E-state index contributed by atoms with van der Waals surface area (Å²) in [5, 5.41) is 5.15. The fourth-order valence-corrected chi connectivity index (χ4v) is 2.84. The zero-order chi connectivity index (χ0) is 18.5. The number of ether oxygens (including phenoxy) is 2. The molecule has 0 spiro atoms. The van der Waals surface area contributed by atoms with Crippen molar-refractivity contribution in [2.45, 2.75) is 13.3 Å². The Kier molecular flexibility index (Phi) is 5.22. The lowest BCUT2D eigenvalue weighted by Gasteiger charge is -2.08. The average Bonchev–Trinajstić information content (AvgIpc) is 3.10. The molecule has 0 aliphatic carbocycles. The van der Waals surface area contributed by atoms with Crippen LogP contribution in [0.5, 0.6) is 11.5 Å². The molecule has 6 heteroatoms. The SMILES string of the molecule is CCc1cccc2c(/C=N/NC(=O)c3ccc(OC)c(OC)c3)c[nH]c12. The Labute approximate surface area is 151 Å². The number of amides is 1. The summed E-state index contributed by atoms with van der Waals surface area (Å²) in [5.74, 6) is 0.738. The fourth-order valence-electron chi connectivity index (χ4n) is 2.84. The second-order valence-electron chi connectivity index (χ2n) is 5.71. The molecule has 1 heterocycles. The third-order valence-electron chi connectivity index (χ3n) is 4.23. The monoisotopic (exact) mass is 351 g/mol. The van der Waals surface area contributed by atoms with Crippen molar-refractivity contribution in [3.8, 4) is 11.5 Å². The van der Waals surface area contributed by atoms with Crippen molar-refractivity contribution in [3.05, 3.63) is 59.3 Å². The van der Waals surface area contributed by atoms with Crippen LogP contribution in [0.3, 0.4) is 0 Å². The maximum Gasteiger partial charge on any atom is 0.271 e. The zero-order valence-electron chi connectivity index (χ0n) is 15.0. The molecule has 3 rings (SSSR count). The Hall–Kier alpha value is -3.28. The normalized spacial score (nSPS) is 11.0. The molecule has 0 fully saturated rings. The molecule has 0 atom stereocenters. The van der Waals surface area contributed by atoms with Gasteiger partial charge in [0.25, 0.3) is 5.91 Å². The summed E-state index contributed by atoms with van der Waals surface area (Å²) < 4.78 is 10.4. The van der Waals surface area contributed by atoms with Gasteiger partial charge in [-0.25, -0.2) is 5.43 Å². The van der Waals surface area contributed by atoms with Gasteiger partial charge in [-0.2, -0.15) is 5.10 Å². The Morgan fingerprint density at radius 1 is 1.19 bits per heavy atom. The van der Waals surface area contributed by atoms with E-state index in [1.807, 2.05) is 18.3 Å². The lowest BCUT2D eigenvalue weighted by molar-refractivity contribution is 0.0954. The molecule has 0 saturated heterocycles. The number of fused-ring (bicyclic) bond motifs is 1. The van der Waals surface area contributed by atoms with Crippen molar-refractivity contribution in [1.29, 1.82) is 0 Å². The van der Waals surface area contributed by atoms with Gasteiger partial charge in [0.15, 0.2) is 11.5 Å². The van der Waals surface area contributed by atoms with Crippen LogP contribution in [0.15, 0.2) is 47.7 Å². The number of aromatic nitrogens is 1. The summed E-state index contributed by atoms with van der Waals surface area (Å²) in [7, 11) is 3.08. The van der Waals surface area contributed by atoms with E-state index in [4.69, 9.17) is 9.47 Å². The van der Waals surface area contributed by atoms with Crippen molar-refractivity contribution in [1.82, 2.24) is 10.4 Å². The van der Waals surface area contributed by atoms with Crippen LogP contribution < -0.4 is 14.9 Å². The molecule has 0 radical (unpaired) electrons. The molecule has 3 aromatic rings. The summed E-state index contributed by atoms with van der Waals surface area (Å²) >= 11 is 0.